The molecule has 0 atom stereocenters. The zero-order valence-corrected chi connectivity index (χ0v) is 19.2. The summed E-state index contributed by atoms with van der Waals surface area (Å²) in [5.41, 5.74) is 1.52. The summed E-state index contributed by atoms with van der Waals surface area (Å²) in [5.74, 6) is -1.90. The van der Waals surface area contributed by atoms with Crippen LogP contribution in [0.1, 0.15) is 51.9 Å². The van der Waals surface area contributed by atoms with Crippen LogP contribution in [-0.2, 0) is 19.1 Å². The van der Waals surface area contributed by atoms with Crippen LogP contribution < -0.4 is 10.6 Å². The summed E-state index contributed by atoms with van der Waals surface area (Å²) in [6.07, 6.45) is 0. The molecule has 166 valence electrons. The molecule has 1 heterocycles. The number of anilines is 2. The van der Waals surface area contributed by atoms with E-state index in [2.05, 4.69) is 15.4 Å². The minimum absolute atomic E-state index is 0.169. The van der Waals surface area contributed by atoms with Crippen molar-refractivity contribution >= 4 is 45.8 Å². The van der Waals surface area contributed by atoms with E-state index in [4.69, 9.17) is 4.74 Å². The molecule has 1 aromatic carbocycles. The Hall–Kier alpha value is -3.20. The quantitative estimate of drug-likeness (QED) is 0.651. The molecule has 2 amide bonds. The summed E-state index contributed by atoms with van der Waals surface area (Å²) < 4.78 is 9.80. The van der Waals surface area contributed by atoms with E-state index in [1.54, 1.807) is 52.8 Å². The van der Waals surface area contributed by atoms with E-state index in [0.29, 0.717) is 26.7 Å². The number of hydrogen-bond acceptors (Lipinski definition) is 7. The van der Waals surface area contributed by atoms with Crippen molar-refractivity contribution in [2.75, 3.05) is 24.4 Å². The van der Waals surface area contributed by atoms with Gasteiger partial charge in [0, 0.05) is 11.1 Å². The number of benzene rings is 1. The normalized spacial score (nSPS) is 10.9. The molecule has 0 unspecified atom stereocenters. The fraction of sp³-hybridized carbons (Fsp3) is 0.364. The maximum atomic E-state index is 12.4. The van der Waals surface area contributed by atoms with Crippen LogP contribution in [0.25, 0.3) is 0 Å². The number of amides is 2. The largest absolute Gasteiger partial charge is 0.465 e. The van der Waals surface area contributed by atoms with Crippen LogP contribution in [0.3, 0.4) is 0 Å². The SMILES string of the molecule is COC(=O)c1ccc(C)c(NC(=O)COC(=O)c2sc(NC(=O)C(C)(C)C)cc2C)c1. The molecule has 9 heteroatoms. The zero-order chi connectivity index (χ0) is 23.3. The van der Waals surface area contributed by atoms with E-state index in [1.165, 1.54) is 13.2 Å². The first-order chi connectivity index (χ1) is 14.4. The summed E-state index contributed by atoms with van der Waals surface area (Å²) >= 11 is 1.09. The molecule has 0 bridgehead atoms. The van der Waals surface area contributed by atoms with Gasteiger partial charge >= 0.3 is 11.9 Å². The Morgan fingerprint density at radius 1 is 0.968 bits per heavy atom. The van der Waals surface area contributed by atoms with E-state index in [1.807, 2.05) is 0 Å². The third-order valence-corrected chi connectivity index (χ3v) is 5.42. The summed E-state index contributed by atoms with van der Waals surface area (Å²) in [6.45, 7) is 8.37. The number of methoxy groups -OCH3 is 1. The van der Waals surface area contributed by atoms with Crippen molar-refractivity contribution in [3.8, 4) is 0 Å². The van der Waals surface area contributed by atoms with Crippen LogP contribution in [0.15, 0.2) is 24.3 Å². The van der Waals surface area contributed by atoms with Gasteiger partial charge in [-0.1, -0.05) is 26.8 Å². The van der Waals surface area contributed by atoms with Gasteiger partial charge in [-0.2, -0.15) is 0 Å². The second-order valence-corrected chi connectivity index (χ2v) is 9.02. The highest BCUT2D eigenvalue weighted by atomic mass is 32.1. The second-order valence-electron chi connectivity index (χ2n) is 7.97. The van der Waals surface area contributed by atoms with Crippen molar-refractivity contribution in [3.05, 3.63) is 45.8 Å². The lowest BCUT2D eigenvalue weighted by molar-refractivity contribution is -0.123. The Labute approximate surface area is 184 Å². The van der Waals surface area contributed by atoms with Gasteiger partial charge in [0.2, 0.25) is 5.91 Å². The van der Waals surface area contributed by atoms with Crippen molar-refractivity contribution in [2.45, 2.75) is 34.6 Å². The number of carbonyl (C=O) groups is 4. The first-order valence-corrected chi connectivity index (χ1v) is 10.3. The molecular weight excluding hydrogens is 420 g/mol. The molecule has 0 saturated heterocycles. The molecule has 0 radical (unpaired) electrons. The van der Waals surface area contributed by atoms with Crippen LogP contribution in [0.2, 0.25) is 0 Å². The highest BCUT2D eigenvalue weighted by molar-refractivity contribution is 7.18. The van der Waals surface area contributed by atoms with E-state index in [9.17, 15) is 19.2 Å². The maximum Gasteiger partial charge on any atom is 0.349 e. The van der Waals surface area contributed by atoms with Gasteiger partial charge < -0.3 is 20.1 Å². The molecule has 0 aliphatic heterocycles. The first-order valence-electron chi connectivity index (χ1n) is 9.50. The lowest BCUT2D eigenvalue weighted by Crippen LogP contribution is -2.27. The Morgan fingerprint density at radius 2 is 1.65 bits per heavy atom. The number of ether oxygens (including phenoxy) is 2. The van der Waals surface area contributed by atoms with Crippen LogP contribution in [0, 0.1) is 19.3 Å². The van der Waals surface area contributed by atoms with E-state index in [-0.39, 0.29) is 5.91 Å². The lowest BCUT2D eigenvalue weighted by atomic mass is 9.96. The van der Waals surface area contributed by atoms with Gasteiger partial charge in [-0.15, -0.1) is 11.3 Å². The highest BCUT2D eigenvalue weighted by Crippen LogP contribution is 2.29. The molecular formula is C22H26N2O6S. The van der Waals surface area contributed by atoms with Crippen molar-refractivity contribution < 1.29 is 28.7 Å². The first kappa shape index (κ1) is 24.1. The predicted molar refractivity (Wildman–Crippen MR) is 119 cm³/mol. The minimum Gasteiger partial charge on any atom is -0.465 e. The monoisotopic (exact) mass is 446 g/mol. The number of aryl methyl sites for hydroxylation is 2. The van der Waals surface area contributed by atoms with Crippen LogP contribution >= 0.6 is 11.3 Å². The number of thiophene rings is 1. The molecule has 2 rings (SSSR count). The fourth-order valence-electron chi connectivity index (χ4n) is 2.43. The van der Waals surface area contributed by atoms with Crippen molar-refractivity contribution in [2.24, 2.45) is 5.41 Å². The van der Waals surface area contributed by atoms with Crippen LogP contribution in [0.4, 0.5) is 10.7 Å². The second kappa shape index (κ2) is 9.74. The minimum atomic E-state index is -0.658. The topological polar surface area (TPSA) is 111 Å². The standard InChI is InChI=1S/C22H26N2O6S/c1-12-7-8-14(19(26)29-6)10-15(12)23-16(25)11-30-20(27)18-13(2)9-17(31-18)24-21(28)22(3,4)5/h7-10H,11H2,1-6H3,(H,23,25)(H,24,28). The summed E-state index contributed by atoms with van der Waals surface area (Å²) in [4.78, 5) is 48.7. The Kier molecular flexibility index (Phi) is 7.56. The third-order valence-electron chi connectivity index (χ3n) is 4.29. The zero-order valence-electron chi connectivity index (χ0n) is 18.4. The molecule has 0 aliphatic rings. The van der Waals surface area contributed by atoms with Gasteiger partial charge in [0.05, 0.1) is 17.7 Å². The molecule has 1 aromatic heterocycles. The molecule has 0 saturated carbocycles. The number of carbonyl (C=O) groups excluding carboxylic acids is 4. The van der Waals surface area contributed by atoms with Gasteiger partial charge in [0.15, 0.2) is 6.61 Å². The Morgan fingerprint density at radius 3 is 2.26 bits per heavy atom. The van der Waals surface area contributed by atoms with Crippen molar-refractivity contribution in [1.29, 1.82) is 0 Å². The summed E-state index contributed by atoms with van der Waals surface area (Å²) in [6, 6.07) is 6.45. The summed E-state index contributed by atoms with van der Waals surface area (Å²) in [5, 5.41) is 5.93. The third kappa shape index (κ3) is 6.39. The van der Waals surface area contributed by atoms with Crippen molar-refractivity contribution in [1.82, 2.24) is 0 Å². The molecule has 2 N–H and O–H groups in total. The number of rotatable bonds is 6. The molecule has 0 fully saturated rings. The van der Waals surface area contributed by atoms with Crippen LogP contribution in [-0.4, -0.2) is 37.5 Å². The fourth-order valence-corrected chi connectivity index (χ4v) is 3.39. The van der Waals surface area contributed by atoms with E-state index in [0.717, 1.165) is 16.9 Å². The van der Waals surface area contributed by atoms with Crippen molar-refractivity contribution in [3.63, 3.8) is 0 Å². The number of esters is 2. The van der Waals surface area contributed by atoms with E-state index < -0.39 is 29.9 Å². The predicted octanol–water partition coefficient (Wildman–Crippen LogP) is 3.93. The maximum absolute atomic E-state index is 12.4. The summed E-state index contributed by atoms with van der Waals surface area (Å²) in [7, 11) is 1.27. The van der Waals surface area contributed by atoms with E-state index >= 15 is 0 Å². The van der Waals surface area contributed by atoms with Crippen LogP contribution in [0.5, 0.6) is 0 Å². The number of nitrogens with one attached hydrogen (secondary N) is 2. The number of hydrogen-bond donors (Lipinski definition) is 2. The Bertz CT molecular complexity index is 1020. The van der Waals surface area contributed by atoms with Gasteiger partial charge in [0.1, 0.15) is 4.88 Å². The smallest absolute Gasteiger partial charge is 0.349 e. The lowest BCUT2D eigenvalue weighted by Gasteiger charge is -2.16. The average molecular weight is 447 g/mol. The van der Waals surface area contributed by atoms with Gasteiger partial charge in [0.25, 0.3) is 5.91 Å². The molecule has 0 spiro atoms. The average Bonchev–Trinajstić information content (AvgIpc) is 3.06. The molecule has 31 heavy (non-hydrogen) atoms. The van der Waals surface area contributed by atoms with Gasteiger partial charge in [-0.3, -0.25) is 9.59 Å². The molecule has 0 aliphatic carbocycles. The highest BCUT2D eigenvalue weighted by Gasteiger charge is 2.23. The molecule has 2 aromatic rings. The Balaban J connectivity index is 1.99. The van der Waals surface area contributed by atoms with Gasteiger partial charge in [-0.25, -0.2) is 9.59 Å². The molecule has 8 nitrogen and oxygen atoms in total. The van der Waals surface area contributed by atoms with Gasteiger partial charge in [-0.05, 0) is 43.2 Å².